The van der Waals surface area contributed by atoms with Gasteiger partial charge in [-0.15, -0.1) is 0 Å². The number of aromatic nitrogens is 1. The van der Waals surface area contributed by atoms with Crippen molar-refractivity contribution in [1.82, 2.24) is 4.98 Å². The van der Waals surface area contributed by atoms with Crippen LogP contribution < -0.4 is 10.1 Å². The summed E-state index contributed by atoms with van der Waals surface area (Å²) in [5.41, 5.74) is 3.43. The predicted molar refractivity (Wildman–Crippen MR) is 95.8 cm³/mol. The third kappa shape index (κ3) is 5.08. The van der Waals surface area contributed by atoms with Gasteiger partial charge >= 0.3 is 0 Å². The van der Waals surface area contributed by atoms with E-state index in [4.69, 9.17) is 16.3 Å². The normalized spacial score (nSPS) is 10.5. The second-order valence-corrected chi connectivity index (χ2v) is 6.02. The van der Waals surface area contributed by atoms with Crippen LogP contribution >= 0.6 is 11.6 Å². The molecule has 0 atom stereocenters. The van der Waals surface area contributed by atoms with Gasteiger partial charge in [0.05, 0.1) is 5.69 Å². The lowest BCUT2D eigenvalue weighted by atomic mass is 10.2. The summed E-state index contributed by atoms with van der Waals surface area (Å²) in [4.78, 5) is 4.33. The molecule has 0 saturated carbocycles. The van der Waals surface area contributed by atoms with Crippen LogP contribution in [0.1, 0.15) is 16.8 Å². The molecule has 0 fully saturated rings. The molecule has 122 valence electrons. The number of nitrogens with zero attached hydrogens (tertiary/aromatic N) is 1. The van der Waals surface area contributed by atoms with E-state index < -0.39 is 0 Å². The van der Waals surface area contributed by atoms with E-state index in [0.717, 1.165) is 35.1 Å². The first-order valence-corrected chi connectivity index (χ1v) is 8.35. The lowest BCUT2D eigenvalue weighted by molar-refractivity contribution is -0.686. The minimum atomic E-state index is 0.540. The summed E-state index contributed by atoms with van der Waals surface area (Å²) >= 11 is 5.89. The molecule has 0 radical (unpaired) electrons. The number of hydrogen-bond donors (Lipinski definition) is 1. The van der Waals surface area contributed by atoms with Gasteiger partial charge in [0.1, 0.15) is 25.4 Å². The summed E-state index contributed by atoms with van der Waals surface area (Å²) in [6, 6.07) is 21.9. The van der Waals surface area contributed by atoms with E-state index in [2.05, 4.69) is 22.4 Å². The van der Waals surface area contributed by atoms with Crippen LogP contribution in [0, 0.1) is 0 Å². The Morgan fingerprint density at radius 2 is 1.75 bits per heavy atom. The Morgan fingerprint density at radius 1 is 0.875 bits per heavy atom. The Bertz CT molecular complexity index is 760. The molecule has 3 nitrogen and oxygen atoms in total. The second kappa shape index (κ2) is 8.48. The van der Waals surface area contributed by atoms with Crippen LogP contribution in [0.25, 0.3) is 0 Å². The highest BCUT2D eigenvalue weighted by Crippen LogP contribution is 2.16. The highest BCUT2D eigenvalue weighted by atomic mass is 35.5. The van der Waals surface area contributed by atoms with E-state index in [1.54, 1.807) is 0 Å². The van der Waals surface area contributed by atoms with Crippen LogP contribution in [0.5, 0.6) is 5.75 Å². The van der Waals surface area contributed by atoms with Crippen molar-refractivity contribution < 1.29 is 10.1 Å². The first-order chi connectivity index (χ1) is 11.8. The Balaban J connectivity index is 1.51. The largest absolute Gasteiger partial charge is 0.489 e. The number of halogens is 1. The van der Waals surface area contributed by atoms with E-state index in [1.807, 2.05) is 60.8 Å². The Kier molecular flexibility index (Phi) is 5.83. The van der Waals surface area contributed by atoms with Gasteiger partial charge in [0.25, 0.3) is 0 Å². The maximum absolute atomic E-state index is 5.89. The summed E-state index contributed by atoms with van der Waals surface area (Å²) in [5.74, 6) is 0.883. The Morgan fingerprint density at radius 3 is 2.54 bits per heavy atom. The van der Waals surface area contributed by atoms with Crippen LogP contribution in [-0.2, 0) is 19.7 Å². The third-order valence-corrected chi connectivity index (χ3v) is 3.93. The number of hydrogen-bond acceptors (Lipinski definition) is 2. The van der Waals surface area contributed by atoms with E-state index in [0.29, 0.717) is 6.61 Å². The molecule has 0 spiro atoms. The van der Waals surface area contributed by atoms with Crippen molar-refractivity contribution in [2.24, 2.45) is 0 Å². The molecule has 0 aliphatic heterocycles. The maximum Gasteiger partial charge on any atom is 0.120 e. The average molecular weight is 340 g/mol. The standard InChI is InChI=1S/C20H19ClN2O/c21-18-9-7-16(8-10-18)15-24-20-6-3-4-17(12-20)13-22-14-19-5-1-2-11-23-19/h1-12,22H,13-15H2/p+1. The Hall–Kier alpha value is -2.36. The zero-order valence-electron chi connectivity index (χ0n) is 13.4. The predicted octanol–water partition coefficient (Wildman–Crippen LogP) is 3.58. The first kappa shape index (κ1) is 16.5. The molecule has 0 aliphatic carbocycles. The van der Waals surface area contributed by atoms with Gasteiger partial charge in [-0.05, 0) is 42.0 Å². The van der Waals surface area contributed by atoms with Crippen LogP contribution in [0.2, 0.25) is 5.02 Å². The van der Waals surface area contributed by atoms with Crippen LogP contribution in [0.15, 0.2) is 72.9 Å². The topological polar surface area (TPSA) is 38.7 Å². The van der Waals surface area contributed by atoms with Crippen LogP contribution in [-0.4, -0.2) is 4.98 Å². The number of rotatable bonds is 7. The fourth-order valence-electron chi connectivity index (χ4n) is 2.42. The molecule has 1 aromatic heterocycles. The van der Waals surface area contributed by atoms with E-state index in [1.165, 1.54) is 5.56 Å². The smallest absolute Gasteiger partial charge is 0.120 e. The lowest BCUT2D eigenvalue weighted by Crippen LogP contribution is -2.80. The molecule has 1 heterocycles. The molecule has 0 saturated heterocycles. The molecule has 2 aromatic carbocycles. The number of nitrogens with two attached hydrogens (primary N) is 1. The van der Waals surface area contributed by atoms with Crippen molar-refractivity contribution in [3.63, 3.8) is 0 Å². The van der Waals surface area contributed by atoms with E-state index >= 15 is 0 Å². The summed E-state index contributed by atoms with van der Waals surface area (Å²) in [5, 5.41) is 2.98. The van der Waals surface area contributed by atoms with Crippen molar-refractivity contribution in [3.05, 3.63) is 94.8 Å². The van der Waals surface area contributed by atoms with Gasteiger partial charge < -0.3 is 10.1 Å². The quantitative estimate of drug-likeness (QED) is 0.714. The van der Waals surface area contributed by atoms with Gasteiger partial charge in [-0.2, -0.15) is 0 Å². The molecule has 3 rings (SSSR count). The maximum atomic E-state index is 5.89. The summed E-state index contributed by atoms with van der Waals surface area (Å²) in [6.07, 6.45) is 1.83. The second-order valence-electron chi connectivity index (χ2n) is 5.58. The molecular weight excluding hydrogens is 320 g/mol. The van der Waals surface area contributed by atoms with Crippen molar-refractivity contribution in [2.75, 3.05) is 0 Å². The van der Waals surface area contributed by atoms with Gasteiger partial charge in [-0.25, -0.2) is 0 Å². The van der Waals surface area contributed by atoms with Crippen LogP contribution in [0.4, 0.5) is 0 Å². The lowest BCUT2D eigenvalue weighted by Gasteiger charge is -2.08. The molecule has 4 heteroatoms. The van der Waals surface area contributed by atoms with Gasteiger partial charge in [0.2, 0.25) is 0 Å². The SMILES string of the molecule is Clc1ccc(COc2cccc(C[NH2+]Cc3ccccn3)c2)cc1. The fourth-order valence-corrected chi connectivity index (χ4v) is 2.54. The monoisotopic (exact) mass is 339 g/mol. The minimum absolute atomic E-state index is 0.540. The number of ether oxygens (including phenoxy) is 1. The summed E-state index contributed by atoms with van der Waals surface area (Å²) in [7, 11) is 0. The minimum Gasteiger partial charge on any atom is -0.489 e. The molecule has 0 aliphatic rings. The van der Waals surface area contributed by atoms with Gasteiger partial charge in [-0.1, -0.05) is 41.9 Å². The van der Waals surface area contributed by atoms with Gasteiger partial charge in [0.15, 0.2) is 0 Å². The van der Waals surface area contributed by atoms with Crippen molar-refractivity contribution in [3.8, 4) is 5.75 Å². The van der Waals surface area contributed by atoms with Crippen molar-refractivity contribution in [2.45, 2.75) is 19.7 Å². The number of quaternary nitrogens is 1. The highest BCUT2D eigenvalue weighted by Gasteiger charge is 2.01. The number of benzene rings is 2. The summed E-state index contributed by atoms with van der Waals surface area (Å²) in [6.45, 7) is 2.31. The molecule has 0 bridgehead atoms. The molecule has 0 unspecified atom stereocenters. The van der Waals surface area contributed by atoms with E-state index in [9.17, 15) is 0 Å². The average Bonchev–Trinajstić information content (AvgIpc) is 2.63. The Labute approximate surface area is 147 Å². The zero-order valence-corrected chi connectivity index (χ0v) is 14.1. The molecular formula is C20H20ClN2O+. The molecule has 3 aromatic rings. The molecule has 24 heavy (non-hydrogen) atoms. The molecule has 2 N–H and O–H groups in total. The molecule has 0 amide bonds. The van der Waals surface area contributed by atoms with Crippen molar-refractivity contribution >= 4 is 11.6 Å². The van der Waals surface area contributed by atoms with E-state index in [-0.39, 0.29) is 0 Å². The summed E-state index contributed by atoms with van der Waals surface area (Å²) < 4.78 is 5.87. The third-order valence-electron chi connectivity index (χ3n) is 3.68. The van der Waals surface area contributed by atoms with Crippen LogP contribution in [0.3, 0.4) is 0 Å². The highest BCUT2D eigenvalue weighted by molar-refractivity contribution is 6.30. The van der Waals surface area contributed by atoms with Gasteiger partial charge in [0, 0.05) is 16.8 Å². The van der Waals surface area contributed by atoms with Gasteiger partial charge in [-0.3, -0.25) is 4.98 Å². The first-order valence-electron chi connectivity index (χ1n) is 7.97. The fraction of sp³-hybridized carbons (Fsp3) is 0.150. The van der Waals surface area contributed by atoms with Crippen molar-refractivity contribution in [1.29, 1.82) is 0 Å². The number of pyridine rings is 1. The zero-order chi connectivity index (χ0) is 16.6.